The van der Waals surface area contributed by atoms with Gasteiger partial charge in [0.2, 0.25) is 5.95 Å². The molecule has 12 heteroatoms. The van der Waals surface area contributed by atoms with Gasteiger partial charge in [0.05, 0.1) is 11.3 Å². The second-order valence-electron chi connectivity index (χ2n) is 9.72. The Balaban J connectivity index is 1.32. The quantitative estimate of drug-likeness (QED) is 0.557. The maximum atomic E-state index is 14.0. The largest absolute Gasteiger partial charge is 0.418 e. The third-order valence-electron chi connectivity index (χ3n) is 7.23. The first-order valence-corrected chi connectivity index (χ1v) is 12.4. The van der Waals surface area contributed by atoms with E-state index in [4.69, 9.17) is 0 Å². The highest BCUT2D eigenvalue weighted by Crippen LogP contribution is 2.39. The lowest BCUT2D eigenvalue weighted by Crippen LogP contribution is -2.45. The summed E-state index contributed by atoms with van der Waals surface area (Å²) in [4.78, 5) is 25.5. The van der Waals surface area contributed by atoms with Crippen molar-refractivity contribution in [1.29, 1.82) is 0 Å². The van der Waals surface area contributed by atoms with Gasteiger partial charge in [-0.2, -0.15) is 18.3 Å². The predicted octanol–water partition coefficient (Wildman–Crippen LogP) is 3.09. The lowest BCUT2D eigenvalue weighted by molar-refractivity contribution is -0.137. The molecular formula is C25H27F3N8O. The number of hydrogen-bond acceptors (Lipinski definition) is 7. The average molecular weight is 513 g/mol. The number of anilines is 3. The first-order valence-electron chi connectivity index (χ1n) is 12.4. The Morgan fingerprint density at radius 1 is 1.05 bits per heavy atom. The van der Waals surface area contributed by atoms with Gasteiger partial charge in [-0.25, -0.2) is 9.97 Å². The Kier molecular flexibility index (Phi) is 5.78. The smallest absolute Gasteiger partial charge is 0.368 e. The number of carbonyl (C=O) groups excluding carboxylic acids is 1. The van der Waals surface area contributed by atoms with E-state index in [2.05, 4.69) is 30.6 Å². The molecule has 1 amide bonds. The third kappa shape index (κ3) is 4.39. The van der Waals surface area contributed by atoms with Crippen LogP contribution in [0.5, 0.6) is 0 Å². The van der Waals surface area contributed by atoms with Crippen LogP contribution in [-0.2, 0) is 25.6 Å². The van der Waals surface area contributed by atoms with Crippen molar-refractivity contribution in [3.63, 3.8) is 0 Å². The van der Waals surface area contributed by atoms with Crippen LogP contribution in [0.3, 0.4) is 0 Å². The van der Waals surface area contributed by atoms with E-state index in [1.165, 1.54) is 6.07 Å². The summed E-state index contributed by atoms with van der Waals surface area (Å²) in [6.45, 7) is 3.73. The van der Waals surface area contributed by atoms with Crippen molar-refractivity contribution in [3.05, 3.63) is 46.8 Å². The van der Waals surface area contributed by atoms with Gasteiger partial charge in [0, 0.05) is 62.4 Å². The van der Waals surface area contributed by atoms with Crippen LogP contribution in [0.4, 0.5) is 30.5 Å². The molecule has 3 aliphatic rings. The Bertz CT molecular complexity index is 1360. The van der Waals surface area contributed by atoms with Gasteiger partial charge < -0.3 is 20.4 Å². The van der Waals surface area contributed by atoms with E-state index in [9.17, 15) is 18.0 Å². The van der Waals surface area contributed by atoms with Crippen LogP contribution in [0.25, 0.3) is 11.4 Å². The van der Waals surface area contributed by atoms with Gasteiger partial charge in [0.1, 0.15) is 11.4 Å². The molecule has 0 spiro atoms. The molecule has 1 aromatic carbocycles. The SMILES string of the molecule is CN1CCN(c2ccc(Nc3ncc4c(n3)-c3nn5c(c3CC4)C(=O)NCCC5)cc2C(F)(F)F)CC1. The van der Waals surface area contributed by atoms with Crippen LogP contribution in [0.1, 0.15) is 33.6 Å². The fourth-order valence-corrected chi connectivity index (χ4v) is 5.26. The summed E-state index contributed by atoms with van der Waals surface area (Å²) in [5.41, 5.74) is 3.31. The number of hydrogen-bond donors (Lipinski definition) is 2. The number of halogens is 3. The van der Waals surface area contributed by atoms with Gasteiger partial charge in [-0.15, -0.1) is 0 Å². The minimum atomic E-state index is -4.50. The molecule has 0 unspecified atom stereocenters. The van der Waals surface area contributed by atoms with E-state index >= 15 is 0 Å². The summed E-state index contributed by atoms with van der Waals surface area (Å²) >= 11 is 0. The molecule has 37 heavy (non-hydrogen) atoms. The average Bonchev–Trinajstić information content (AvgIpc) is 3.16. The van der Waals surface area contributed by atoms with Gasteiger partial charge in [0.25, 0.3) is 5.91 Å². The number of piperazine rings is 1. The minimum Gasteiger partial charge on any atom is -0.368 e. The molecule has 194 valence electrons. The van der Waals surface area contributed by atoms with Crippen molar-refractivity contribution in [2.24, 2.45) is 0 Å². The maximum absolute atomic E-state index is 14.0. The summed E-state index contributed by atoms with van der Waals surface area (Å²) in [5.74, 6) is 0.0435. The Labute approximate surface area is 211 Å². The standard InChI is InChI=1S/C25H27F3N8O/c1-34-9-11-35(12-10-34)19-6-4-16(13-18(19)25(26,27)28)31-24-30-14-15-3-5-17-21(20(15)32-24)33-36-8-2-7-29-23(37)22(17)36/h4,6,13-14H,2-3,5,7-12H2,1H3,(H,29,37)(H,30,31,32). The highest BCUT2D eigenvalue weighted by Gasteiger charge is 2.36. The van der Waals surface area contributed by atoms with Gasteiger partial charge in [-0.05, 0) is 50.1 Å². The number of rotatable bonds is 3. The fourth-order valence-electron chi connectivity index (χ4n) is 5.26. The molecule has 6 rings (SSSR count). The maximum Gasteiger partial charge on any atom is 0.418 e. The van der Waals surface area contributed by atoms with Crippen LogP contribution in [-0.4, -0.2) is 70.3 Å². The van der Waals surface area contributed by atoms with Crippen molar-refractivity contribution in [2.45, 2.75) is 32.0 Å². The number of carbonyl (C=O) groups is 1. The summed E-state index contributed by atoms with van der Waals surface area (Å²) < 4.78 is 43.8. The van der Waals surface area contributed by atoms with Gasteiger partial charge in [0.15, 0.2) is 0 Å². The van der Waals surface area contributed by atoms with E-state index in [1.807, 2.05) is 7.05 Å². The number of nitrogens with zero attached hydrogens (tertiary/aromatic N) is 6. The minimum absolute atomic E-state index is 0.137. The zero-order valence-corrected chi connectivity index (χ0v) is 20.4. The molecule has 4 heterocycles. The predicted molar refractivity (Wildman–Crippen MR) is 132 cm³/mol. The second kappa shape index (κ2) is 9.02. The van der Waals surface area contributed by atoms with Crippen molar-refractivity contribution < 1.29 is 18.0 Å². The molecule has 9 nitrogen and oxygen atoms in total. The first kappa shape index (κ1) is 23.7. The number of likely N-dealkylation sites (N-methyl/N-ethyl adjacent to an activating group) is 1. The lowest BCUT2D eigenvalue weighted by Gasteiger charge is -2.35. The molecule has 0 radical (unpaired) electrons. The molecule has 0 atom stereocenters. The van der Waals surface area contributed by atoms with E-state index in [1.54, 1.807) is 21.8 Å². The molecule has 2 aliphatic heterocycles. The Hall–Kier alpha value is -3.67. The van der Waals surface area contributed by atoms with Crippen LogP contribution in [0, 0.1) is 0 Å². The fraction of sp³-hybridized carbons (Fsp3) is 0.440. The molecule has 0 bridgehead atoms. The summed E-state index contributed by atoms with van der Waals surface area (Å²) in [7, 11) is 1.96. The van der Waals surface area contributed by atoms with Crippen LogP contribution < -0.4 is 15.5 Å². The molecule has 3 aromatic rings. The molecular weight excluding hydrogens is 485 g/mol. The molecule has 0 saturated carbocycles. The number of fused-ring (bicyclic) bond motifs is 5. The van der Waals surface area contributed by atoms with Gasteiger partial charge in [-0.3, -0.25) is 9.48 Å². The summed E-state index contributed by atoms with van der Waals surface area (Å²) in [6.07, 6.45) is -0.719. The molecule has 2 aromatic heterocycles. The highest BCUT2D eigenvalue weighted by molar-refractivity contribution is 5.96. The monoisotopic (exact) mass is 512 g/mol. The third-order valence-corrected chi connectivity index (χ3v) is 7.23. The number of alkyl halides is 3. The number of aromatic nitrogens is 4. The number of aryl methyl sites for hydroxylation is 2. The number of nitrogens with one attached hydrogen (secondary N) is 2. The van der Waals surface area contributed by atoms with E-state index in [0.29, 0.717) is 69.2 Å². The van der Waals surface area contributed by atoms with Crippen LogP contribution >= 0.6 is 0 Å². The molecule has 2 N–H and O–H groups in total. The second-order valence-corrected chi connectivity index (χ2v) is 9.72. The number of amides is 1. The highest BCUT2D eigenvalue weighted by atomic mass is 19.4. The zero-order chi connectivity index (χ0) is 25.7. The van der Waals surface area contributed by atoms with Crippen molar-refractivity contribution >= 4 is 23.2 Å². The van der Waals surface area contributed by atoms with E-state index in [-0.39, 0.29) is 23.2 Å². The normalized spacial score (nSPS) is 17.9. The van der Waals surface area contributed by atoms with Crippen molar-refractivity contribution in [1.82, 2.24) is 30.0 Å². The first-order chi connectivity index (χ1) is 17.8. The number of benzene rings is 1. The van der Waals surface area contributed by atoms with Crippen molar-refractivity contribution in [3.8, 4) is 11.4 Å². The van der Waals surface area contributed by atoms with Crippen LogP contribution in [0.15, 0.2) is 24.4 Å². The summed E-state index contributed by atoms with van der Waals surface area (Å²) in [6, 6.07) is 4.25. The molecule has 1 aliphatic carbocycles. The van der Waals surface area contributed by atoms with E-state index in [0.717, 1.165) is 23.6 Å². The van der Waals surface area contributed by atoms with Crippen molar-refractivity contribution in [2.75, 3.05) is 50.0 Å². The van der Waals surface area contributed by atoms with Gasteiger partial charge in [-0.1, -0.05) is 0 Å². The van der Waals surface area contributed by atoms with Crippen LogP contribution in [0.2, 0.25) is 0 Å². The van der Waals surface area contributed by atoms with E-state index < -0.39 is 11.7 Å². The van der Waals surface area contributed by atoms with Gasteiger partial charge >= 0.3 is 6.18 Å². The molecule has 1 fully saturated rings. The zero-order valence-electron chi connectivity index (χ0n) is 20.4. The Morgan fingerprint density at radius 3 is 2.65 bits per heavy atom. The topological polar surface area (TPSA) is 91.2 Å². The summed E-state index contributed by atoms with van der Waals surface area (Å²) in [5, 5.41) is 10.5. The lowest BCUT2D eigenvalue weighted by atomic mass is 9.93. The molecule has 1 saturated heterocycles. The Morgan fingerprint density at radius 2 is 1.86 bits per heavy atom.